The second-order valence-electron chi connectivity index (χ2n) is 7.20. The van der Waals surface area contributed by atoms with Crippen LogP contribution in [0.5, 0.6) is 0 Å². The minimum absolute atomic E-state index is 0.0117. The van der Waals surface area contributed by atoms with Crippen molar-refractivity contribution in [1.29, 1.82) is 0 Å². The van der Waals surface area contributed by atoms with Crippen LogP contribution in [0.3, 0.4) is 0 Å². The van der Waals surface area contributed by atoms with Gasteiger partial charge in [-0.15, -0.1) is 0 Å². The summed E-state index contributed by atoms with van der Waals surface area (Å²) in [5, 5.41) is 7.79. The lowest BCUT2D eigenvalue weighted by Crippen LogP contribution is -2.14. The van der Waals surface area contributed by atoms with Crippen molar-refractivity contribution in [2.75, 3.05) is 12.4 Å². The summed E-state index contributed by atoms with van der Waals surface area (Å²) in [5.41, 5.74) is 8.43. The Balaban J connectivity index is 1.83. The maximum Gasteiger partial charge on any atom is 0.284 e. The number of nitrogens with two attached hydrogens (primary N) is 2. The van der Waals surface area contributed by atoms with Crippen LogP contribution < -0.4 is 16.2 Å². The summed E-state index contributed by atoms with van der Waals surface area (Å²) in [7, 11) is -2.36. The number of aliphatic imine (C=N–C) groups is 1. The Hall–Kier alpha value is -3.82. The molecule has 0 spiro atoms. The molecule has 0 bridgehead atoms. The highest BCUT2D eigenvalue weighted by Crippen LogP contribution is 2.28. The van der Waals surface area contributed by atoms with Crippen LogP contribution in [0.2, 0.25) is 0 Å². The number of anilines is 1. The zero-order valence-corrected chi connectivity index (χ0v) is 18.9. The topological polar surface area (TPSA) is 128 Å². The van der Waals surface area contributed by atoms with E-state index in [1.54, 1.807) is 73.8 Å². The van der Waals surface area contributed by atoms with Gasteiger partial charge in [-0.3, -0.25) is 9.79 Å². The van der Waals surface area contributed by atoms with Crippen molar-refractivity contribution >= 4 is 33.0 Å². The minimum atomic E-state index is -3.91. The molecule has 7 nitrogen and oxygen atoms in total. The second-order valence-corrected chi connectivity index (χ2v) is 8.73. The fraction of sp³-hybridized carbons (Fsp3) is 0.0833. The molecule has 3 aromatic carbocycles. The molecule has 0 fully saturated rings. The standard InChI is InChI=1S/C24H23FN4O3S/c1-15(17-6-5-7-18(14-17)23(26)28-2)22(25)24(30)29-19-12-10-16(11-13-19)20-8-3-4-9-21(20)33(27,31)32/h3-14H,1-2H3,(H2,26,28)(H,29,30)(H2,27,31,32)/b22-15+. The number of nitrogens with zero attached hydrogens (tertiary/aromatic N) is 1. The molecule has 5 N–H and O–H groups in total. The van der Waals surface area contributed by atoms with Gasteiger partial charge in [0.25, 0.3) is 5.91 Å². The number of sulfonamides is 1. The Bertz CT molecular complexity index is 1360. The summed E-state index contributed by atoms with van der Waals surface area (Å²) in [6.45, 7) is 1.50. The summed E-state index contributed by atoms with van der Waals surface area (Å²) in [6, 6.07) is 19.4. The molecule has 0 heterocycles. The number of halogens is 1. The number of amides is 1. The Labute approximate surface area is 191 Å². The van der Waals surface area contributed by atoms with Crippen LogP contribution in [0, 0.1) is 0 Å². The van der Waals surface area contributed by atoms with Gasteiger partial charge in [-0.05, 0) is 47.9 Å². The van der Waals surface area contributed by atoms with E-state index in [0.717, 1.165) is 0 Å². The van der Waals surface area contributed by atoms with Gasteiger partial charge in [0.2, 0.25) is 10.0 Å². The maximum atomic E-state index is 14.8. The van der Waals surface area contributed by atoms with Gasteiger partial charge >= 0.3 is 0 Å². The first-order chi connectivity index (χ1) is 15.6. The zero-order valence-electron chi connectivity index (χ0n) is 18.0. The molecule has 0 aliphatic carbocycles. The third kappa shape index (κ3) is 5.51. The van der Waals surface area contributed by atoms with Crippen LogP contribution in [0.1, 0.15) is 18.1 Å². The third-order valence-electron chi connectivity index (χ3n) is 5.01. The van der Waals surface area contributed by atoms with E-state index in [1.807, 2.05) is 0 Å². The van der Waals surface area contributed by atoms with Gasteiger partial charge in [0.1, 0.15) is 5.84 Å². The molecule has 9 heteroatoms. The largest absolute Gasteiger partial charge is 0.384 e. The lowest BCUT2D eigenvalue weighted by Gasteiger charge is -2.10. The maximum absolute atomic E-state index is 14.8. The van der Waals surface area contributed by atoms with Crippen molar-refractivity contribution in [3.05, 3.63) is 89.8 Å². The number of benzene rings is 3. The quantitative estimate of drug-likeness (QED) is 0.291. The van der Waals surface area contributed by atoms with Crippen molar-refractivity contribution in [2.45, 2.75) is 11.8 Å². The van der Waals surface area contributed by atoms with Crippen molar-refractivity contribution < 1.29 is 17.6 Å². The van der Waals surface area contributed by atoms with E-state index in [-0.39, 0.29) is 10.5 Å². The molecule has 0 radical (unpaired) electrons. The van der Waals surface area contributed by atoms with Crippen LogP contribution >= 0.6 is 0 Å². The monoisotopic (exact) mass is 466 g/mol. The first-order valence-electron chi connectivity index (χ1n) is 9.85. The first-order valence-corrected chi connectivity index (χ1v) is 11.4. The number of carbonyl (C=O) groups excluding carboxylic acids is 1. The smallest absolute Gasteiger partial charge is 0.284 e. The first kappa shape index (κ1) is 23.8. The number of rotatable bonds is 6. The van der Waals surface area contributed by atoms with Crippen molar-refractivity contribution in [3.63, 3.8) is 0 Å². The van der Waals surface area contributed by atoms with Crippen LogP contribution in [0.4, 0.5) is 10.1 Å². The van der Waals surface area contributed by atoms with Crippen LogP contribution in [-0.4, -0.2) is 27.2 Å². The molecule has 0 aromatic heterocycles. The van der Waals surface area contributed by atoms with Crippen molar-refractivity contribution in [2.24, 2.45) is 15.9 Å². The molecular weight excluding hydrogens is 443 g/mol. The van der Waals surface area contributed by atoms with Gasteiger partial charge < -0.3 is 11.1 Å². The summed E-state index contributed by atoms with van der Waals surface area (Å²) in [5.74, 6) is -1.55. The van der Waals surface area contributed by atoms with E-state index in [9.17, 15) is 17.6 Å². The van der Waals surface area contributed by atoms with Gasteiger partial charge in [0.05, 0.1) is 4.90 Å². The predicted molar refractivity (Wildman–Crippen MR) is 129 cm³/mol. The van der Waals surface area contributed by atoms with E-state index in [0.29, 0.717) is 33.8 Å². The third-order valence-corrected chi connectivity index (χ3v) is 5.98. The summed E-state index contributed by atoms with van der Waals surface area (Å²) in [6.07, 6.45) is 0. The molecule has 0 aliphatic rings. The van der Waals surface area contributed by atoms with Gasteiger partial charge in [-0.25, -0.2) is 17.9 Å². The van der Waals surface area contributed by atoms with Gasteiger partial charge in [0.15, 0.2) is 5.83 Å². The predicted octanol–water partition coefficient (Wildman–Crippen LogP) is 3.68. The lowest BCUT2D eigenvalue weighted by molar-refractivity contribution is -0.114. The lowest BCUT2D eigenvalue weighted by atomic mass is 10.0. The van der Waals surface area contributed by atoms with E-state index >= 15 is 0 Å². The number of carbonyl (C=O) groups is 1. The Morgan fingerprint density at radius 1 is 0.970 bits per heavy atom. The van der Waals surface area contributed by atoms with Gasteiger partial charge in [-0.1, -0.05) is 48.5 Å². The van der Waals surface area contributed by atoms with Crippen molar-refractivity contribution in [3.8, 4) is 11.1 Å². The SMILES string of the molecule is CN=C(N)c1cccc(/C(C)=C(/F)C(=O)Nc2ccc(-c3ccccc3S(N)(=O)=O)cc2)c1. The van der Waals surface area contributed by atoms with Gasteiger partial charge in [-0.2, -0.15) is 0 Å². The highest BCUT2D eigenvalue weighted by atomic mass is 32.2. The fourth-order valence-corrected chi connectivity index (χ4v) is 3.97. The number of hydrogen-bond acceptors (Lipinski definition) is 4. The molecule has 0 saturated heterocycles. The van der Waals surface area contributed by atoms with E-state index in [4.69, 9.17) is 10.9 Å². The fourth-order valence-electron chi connectivity index (χ4n) is 3.21. The summed E-state index contributed by atoms with van der Waals surface area (Å²) >= 11 is 0. The number of amidine groups is 1. The second kappa shape index (κ2) is 9.76. The Kier molecular flexibility index (Phi) is 7.05. The van der Waals surface area contributed by atoms with E-state index in [2.05, 4.69) is 10.3 Å². The molecule has 0 saturated carbocycles. The molecule has 3 rings (SSSR count). The average molecular weight is 467 g/mol. The molecule has 1 amide bonds. The molecule has 3 aromatic rings. The molecule has 0 unspecified atom stereocenters. The van der Waals surface area contributed by atoms with Crippen LogP contribution in [-0.2, 0) is 14.8 Å². The summed E-state index contributed by atoms with van der Waals surface area (Å²) in [4.78, 5) is 16.4. The molecule has 0 atom stereocenters. The van der Waals surface area contributed by atoms with Crippen molar-refractivity contribution in [1.82, 2.24) is 0 Å². The Morgan fingerprint density at radius 3 is 2.24 bits per heavy atom. The highest BCUT2D eigenvalue weighted by Gasteiger charge is 2.16. The number of primary sulfonamides is 1. The van der Waals surface area contributed by atoms with Gasteiger partial charge in [0, 0.05) is 23.9 Å². The zero-order chi connectivity index (χ0) is 24.2. The number of nitrogens with one attached hydrogen (secondary N) is 1. The molecule has 0 aliphatic heterocycles. The van der Waals surface area contributed by atoms with E-state index in [1.165, 1.54) is 13.0 Å². The number of hydrogen-bond donors (Lipinski definition) is 3. The number of allylic oxidation sites excluding steroid dienone is 1. The highest BCUT2D eigenvalue weighted by molar-refractivity contribution is 7.89. The molecular formula is C24H23FN4O3S. The average Bonchev–Trinajstić information content (AvgIpc) is 2.82. The van der Waals surface area contributed by atoms with Crippen LogP contribution in [0.25, 0.3) is 16.7 Å². The Morgan fingerprint density at radius 2 is 1.61 bits per heavy atom. The van der Waals surface area contributed by atoms with Crippen LogP contribution in [0.15, 0.2) is 88.5 Å². The summed E-state index contributed by atoms with van der Waals surface area (Å²) < 4.78 is 38.5. The molecule has 33 heavy (non-hydrogen) atoms. The van der Waals surface area contributed by atoms with E-state index < -0.39 is 21.8 Å². The minimum Gasteiger partial charge on any atom is -0.384 e. The normalized spacial score (nSPS) is 12.8. The molecule has 170 valence electrons.